The highest BCUT2D eigenvalue weighted by Gasteiger charge is 2.05. The topological polar surface area (TPSA) is 66.9 Å². The molecule has 1 aromatic carbocycles. The van der Waals surface area contributed by atoms with Crippen molar-refractivity contribution in [1.82, 2.24) is 15.3 Å². The van der Waals surface area contributed by atoms with Crippen molar-refractivity contribution in [1.29, 1.82) is 0 Å². The van der Waals surface area contributed by atoms with Crippen LogP contribution in [0.5, 0.6) is 0 Å². The lowest BCUT2D eigenvalue weighted by Gasteiger charge is -2.12. The number of nitrogens with zero attached hydrogens (tertiary/aromatic N) is 2. The van der Waals surface area contributed by atoms with Crippen molar-refractivity contribution in [3.8, 4) is 11.1 Å². The minimum atomic E-state index is 0.00190. The lowest BCUT2D eigenvalue weighted by molar-refractivity contribution is -0.119. The highest BCUT2D eigenvalue weighted by molar-refractivity contribution is 5.73. The molecule has 0 spiro atoms. The number of aromatic nitrogens is 2. The van der Waals surface area contributed by atoms with Crippen LogP contribution in [-0.2, 0) is 11.2 Å². The molecule has 2 N–H and O–H groups in total. The van der Waals surface area contributed by atoms with Gasteiger partial charge in [-0.15, -0.1) is 0 Å². The fraction of sp³-hybridized carbons (Fsp3) is 0.353. The fourth-order valence-corrected chi connectivity index (χ4v) is 2.31. The molecule has 116 valence electrons. The van der Waals surface area contributed by atoms with Gasteiger partial charge in [-0.3, -0.25) is 4.79 Å². The zero-order chi connectivity index (χ0) is 15.9. The smallest absolute Gasteiger partial charge is 0.222 e. The molecule has 1 heterocycles. The number of hydrogen-bond acceptors (Lipinski definition) is 4. The summed E-state index contributed by atoms with van der Waals surface area (Å²) in [5.41, 5.74) is 3.26. The Morgan fingerprint density at radius 1 is 1.14 bits per heavy atom. The van der Waals surface area contributed by atoms with Crippen LogP contribution in [0.25, 0.3) is 11.1 Å². The van der Waals surface area contributed by atoms with E-state index in [1.54, 1.807) is 0 Å². The van der Waals surface area contributed by atoms with Crippen LogP contribution in [0.1, 0.15) is 26.3 Å². The maximum absolute atomic E-state index is 11.0. The first-order valence-electron chi connectivity index (χ1n) is 7.50. The molecule has 1 amide bonds. The molecule has 0 saturated carbocycles. The first-order valence-corrected chi connectivity index (χ1v) is 7.50. The Balaban J connectivity index is 2.03. The number of hydrogen-bond donors (Lipinski definition) is 2. The Morgan fingerprint density at radius 2 is 1.77 bits per heavy atom. The normalized spacial score (nSPS) is 11.8. The van der Waals surface area contributed by atoms with Gasteiger partial charge in [0.1, 0.15) is 0 Å². The summed E-state index contributed by atoms with van der Waals surface area (Å²) in [6.45, 7) is 6.36. The summed E-state index contributed by atoms with van der Waals surface area (Å²) in [5.74, 6) is 0.647. The number of carbonyl (C=O) groups excluding carboxylic acids is 1. The molecular weight excluding hydrogens is 276 g/mol. The highest BCUT2D eigenvalue weighted by Crippen LogP contribution is 2.19. The SMILES string of the molecule is CCNc1ncc(-c2ccc(CC(C)NC(C)=O)cc2)cn1. The predicted molar refractivity (Wildman–Crippen MR) is 88.6 cm³/mol. The maximum Gasteiger partial charge on any atom is 0.222 e. The quantitative estimate of drug-likeness (QED) is 0.860. The molecule has 5 heteroatoms. The first kappa shape index (κ1) is 15.9. The summed E-state index contributed by atoms with van der Waals surface area (Å²) in [4.78, 5) is 19.6. The standard InChI is InChI=1S/C17H22N4O/c1-4-18-17-19-10-16(11-20-17)15-7-5-14(6-8-15)9-12(2)21-13(3)22/h5-8,10-12H,4,9H2,1-3H3,(H,21,22)(H,18,19,20). The van der Waals surface area contributed by atoms with Crippen molar-refractivity contribution in [2.24, 2.45) is 0 Å². The van der Waals surface area contributed by atoms with Gasteiger partial charge in [0.25, 0.3) is 0 Å². The molecule has 0 saturated heterocycles. The third-order valence-corrected chi connectivity index (χ3v) is 3.27. The number of rotatable bonds is 6. The lowest BCUT2D eigenvalue weighted by atomic mass is 10.0. The van der Waals surface area contributed by atoms with Crippen molar-refractivity contribution < 1.29 is 4.79 Å². The molecule has 0 fully saturated rings. The third-order valence-electron chi connectivity index (χ3n) is 3.27. The molecule has 0 aliphatic heterocycles. The van der Waals surface area contributed by atoms with E-state index in [1.807, 2.05) is 26.2 Å². The van der Waals surface area contributed by atoms with Crippen LogP contribution in [0.15, 0.2) is 36.7 Å². The summed E-state index contributed by atoms with van der Waals surface area (Å²) in [6.07, 6.45) is 4.45. The molecule has 0 bridgehead atoms. The van der Waals surface area contributed by atoms with E-state index in [0.717, 1.165) is 24.1 Å². The summed E-state index contributed by atoms with van der Waals surface area (Å²) < 4.78 is 0. The van der Waals surface area contributed by atoms with Gasteiger partial charge in [0, 0.05) is 37.5 Å². The molecule has 2 rings (SSSR count). The molecule has 1 unspecified atom stereocenters. The van der Waals surface area contributed by atoms with Gasteiger partial charge in [-0.05, 0) is 31.4 Å². The second-order valence-corrected chi connectivity index (χ2v) is 5.33. The van der Waals surface area contributed by atoms with Crippen molar-refractivity contribution in [2.75, 3.05) is 11.9 Å². The Kier molecular flexibility index (Phi) is 5.47. The second-order valence-electron chi connectivity index (χ2n) is 5.33. The van der Waals surface area contributed by atoms with E-state index < -0.39 is 0 Å². The van der Waals surface area contributed by atoms with Crippen LogP contribution >= 0.6 is 0 Å². The van der Waals surface area contributed by atoms with Crippen molar-refractivity contribution in [3.05, 3.63) is 42.2 Å². The predicted octanol–water partition coefficient (Wildman–Crippen LogP) is 2.64. The van der Waals surface area contributed by atoms with Gasteiger partial charge in [-0.2, -0.15) is 0 Å². The van der Waals surface area contributed by atoms with Crippen molar-refractivity contribution in [2.45, 2.75) is 33.2 Å². The average Bonchev–Trinajstić information content (AvgIpc) is 2.48. The van der Waals surface area contributed by atoms with Crippen LogP contribution < -0.4 is 10.6 Å². The van der Waals surface area contributed by atoms with E-state index >= 15 is 0 Å². The Labute approximate surface area is 131 Å². The molecule has 2 aromatic rings. The number of carbonyl (C=O) groups is 1. The van der Waals surface area contributed by atoms with Gasteiger partial charge in [0.05, 0.1) is 0 Å². The molecule has 0 aliphatic carbocycles. The molecule has 22 heavy (non-hydrogen) atoms. The highest BCUT2D eigenvalue weighted by atomic mass is 16.1. The van der Waals surface area contributed by atoms with Crippen LogP contribution in [0, 0.1) is 0 Å². The van der Waals surface area contributed by atoms with E-state index in [-0.39, 0.29) is 11.9 Å². The molecule has 1 atom stereocenters. The number of nitrogens with one attached hydrogen (secondary N) is 2. The summed E-state index contributed by atoms with van der Waals surface area (Å²) in [5, 5.41) is 5.97. The fourth-order valence-electron chi connectivity index (χ4n) is 2.31. The first-order chi connectivity index (χ1) is 10.6. The van der Waals surface area contributed by atoms with Gasteiger partial charge < -0.3 is 10.6 Å². The summed E-state index contributed by atoms with van der Waals surface area (Å²) in [6, 6.07) is 8.40. The van der Waals surface area contributed by atoms with E-state index in [0.29, 0.717) is 5.95 Å². The summed E-state index contributed by atoms with van der Waals surface area (Å²) >= 11 is 0. The van der Waals surface area contributed by atoms with Gasteiger partial charge in [-0.25, -0.2) is 9.97 Å². The summed E-state index contributed by atoms with van der Waals surface area (Å²) in [7, 11) is 0. The van der Waals surface area contributed by atoms with Gasteiger partial charge in [0.15, 0.2) is 0 Å². The monoisotopic (exact) mass is 298 g/mol. The Bertz CT molecular complexity index is 608. The van der Waals surface area contributed by atoms with Gasteiger partial charge >= 0.3 is 0 Å². The van der Waals surface area contributed by atoms with Gasteiger partial charge in [-0.1, -0.05) is 24.3 Å². The van der Waals surface area contributed by atoms with E-state index in [1.165, 1.54) is 12.5 Å². The minimum Gasteiger partial charge on any atom is -0.355 e. The van der Waals surface area contributed by atoms with E-state index in [4.69, 9.17) is 0 Å². The molecule has 1 aromatic heterocycles. The minimum absolute atomic E-state index is 0.00190. The molecule has 0 aliphatic rings. The van der Waals surface area contributed by atoms with Crippen LogP contribution in [0.3, 0.4) is 0 Å². The Hall–Kier alpha value is -2.43. The van der Waals surface area contributed by atoms with Crippen LogP contribution in [-0.4, -0.2) is 28.5 Å². The average molecular weight is 298 g/mol. The van der Waals surface area contributed by atoms with Crippen molar-refractivity contribution >= 4 is 11.9 Å². The van der Waals surface area contributed by atoms with E-state index in [2.05, 4.69) is 44.9 Å². The van der Waals surface area contributed by atoms with Crippen LogP contribution in [0.2, 0.25) is 0 Å². The van der Waals surface area contributed by atoms with Crippen molar-refractivity contribution in [3.63, 3.8) is 0 Å². The Morgan fingerprint density at radius 3 is 2.32 bits per heavy atom. The molecule has 0 radical (unpaired) electrons. The number of anilines is 1. The maximum atomic E-state index is 11.0. The number of amides is 1. The number of benzene rings is 1. The molecule has 5 nitrogen and oxygen atoms in total. The second kappa shape index (κ2) is 7.54. The lowest BCUT2D eigenvalue weighted by Crippen LogP contribution is -2.31. The van der Waals surface area contributed by atoms with Crippen LogP contribution in [0.4, 0.5) is 5.95 Å². The largest absolute Gasteiger partial charge is 0.355 e. The molecular formula is C17H22N4O. The zero-order valence-electron chi connectivity index (χ0n) is 13.3. The third kappa shape index (κ3) is 4.55. The van der Waals surface area contributed by atoms with Gasteiger partial charge in [0.2, 0.25) is 11.9 Å². The zero-order valence-corrected chi connectivity index (χ0v) is 13.3. The van der Waals surface area contributed by atoms with E-state index in [9.17, 15) is 4.79 Å².